The molecule has 0 radical (unpaired) electrons. The second kappa shape index (κ2) is 9.77. The molecule has 7 nitrogen and oxygen atoms in total. The summed E-state index contributed by atoms with van der Waals surface area (Å²) in [5.41, 5.74) is 7.86. The standard InChI is InChI=1S/C24H21Cl2FN6OS/c1-24(2,3)21-33-19(18-6-7-29-22(28)32-18)20(35-21)12-8-13(27)10-15(9-12)31-23(34)30-14-4-5-16(25)17(26)11-14/h4-11H,1-3H3,(H2,28,29,32)(H2,30,31,34). The SMILES string of the molecule is CC(C)(C)c1nc(-c2ccnc(N)n2)c(-c2cc(F)cc(NC(=O)Nc3ccc(Cl)c(Cl)c3)c2)s1. The van der Waals surface area contributed by atoms with Crippen LogP contribution in [0.2, 0.25) is 10.0 Å². The highest BCUT2D eigenvalue weighted by molar-refractivity contribution is 7.15. The Hall–Kier alpha value is -3.27. The van der Waals surface area contributed by atoms with E-state index in [1.165, 1.54) is 29.5 Å². The number of hydrogen-bond donors (Lipinski definition) is 3. The molecule has 0 aliphatic carbocycles. The molecule has 4 rings (SSSR count). The smallest absolute Gasteiger partial charge is 0.323 e. The van der Waals surface area contributed by atoms with Crippen molar-refractivity contribution in [1.82, 2.24) is 15.0 Å². The van der Waals surface area contributed by atoms with E-state index in [1.54, 1.807) is 30.5 Å². The Bertz CT molecular complexity index is 1420. The molecular weight excluding hydrogens is 510 g/mol. The van der Waals surface area contributed by atoms with Crippen LogP contribution in [0.5, 0.6) is 0 Å². The molecule has 2 aromatic carbocycles. The maximum absolute atomic E-state index is 14.7. The number of nitrogens with one attached hydrogen (secondary N) is 2. The number of anilines is 3. The van der Waals surface area contributed by atoms with Gasteiger partial charge in [0.1, 0.15) is 11.5 Å². The second-order valence-corrected chi connectivity index (χ2v) is 10.5. The average molecular weight is 531 g/mol. The molecule has 11 heteroatoms. The van der Waals surface area contributed by atoms with E-state index in [0.717, 1.165) is 5.01 Å². The number of halogens is 3. The third-order valence-electron chi connectivity index (χ3n) is 4.78. The van der Waals surface area contributed by atoms with Gasteiger partial charge in [0.2, 0.25) is 5.95 Å². The van der Waals surface area contributed by atoms with E-state index in [1.807, 2.05) is 20.8 Å². The highest BCUT2D eigenvalue weighted by Gasteiger charge is 2.24. The number of benzene rings is 2. The Morgan fingerprint density at radius 1 is 1.00 bits per heavy atom. The van der Waals surface area contributed by atoms with Crippen LogP contribution in [0.1, 0.15) is 25.8 Å². The van der Waals surface area contributed by atoms with Crippen molar-refractivity contribution in [3.63, 3.8) is 0 Å². The lowest BCUT2D eigenvalue weighted by Crippen LogP contribution is -2.19. The molecule has 0 atom stereocenters. The first kappa shape index (κ1) is 24.8. The normalized spacial score (nSPS) is 11.4. The first-order valence-corrected chi connectivity index (χ1v) is 12.0. The number of carbonyl (C=O) groups is 1. The number of hydrogen-bond acceptors (Lipinski definition) is 6. The first-order chi connectivity index (χ1) is 16.5. The van der Waals surface area contributed by atoms with Gasteiger partial charge < -0.3 is 16.4 Å². The fourth-order valence-electron chi connectivity index (χ4n) is 3.18. The highest BCUT2D eigenvalue weighted by atomic mass is 35.5. The summed E-state index contributed by atoms with van der Waals surface area (Å²) in [5, 5.41) is 6.81. The van der Waals surface area contributed by atoms with Crippen molar-refractivity contribution in [2.24, 2.45) is 0 Å². The minimum atomic E-state index is -0.566. The largest absolute Gasteiger partial charge is 0.368 e. The van der Waals surface area contributed by atoms with E-state index >= 15 is 0 Å². The molecule has 180 valence electrons. The van der Waals surface area contributed by atoms with Gasteiger partial charge in [-0.3, -0.25) is 0 Å². The Morgan fingerprint density at radius 2 is 1.74 bits per heavy atom. The second-order valence-electron chi connectivity index (χ2n) is 8.68. The predicted octanol–water partition coefficient (Wildman–Crippen LogP) is 7.24. The van der Waals surface area contributed by atoms with E-state index in [9.17, 15) is 9.18 Å². The van der Waals surface area contributed by atoms with Gasteiger partial charge in [0, 0.05) is 23.0 Å². The van der Waals surface area contributed by atoms with Crippen LogP contribution in [-0.2, 0) is 5.41 Å². The van der Waals surface area contributed by atoms with Crippen molar-refractivity contribution in [2.75, 3.05) is 16.4 Å². The maximum Gasteiger partial charge on any atom is 0.323 e. The average Bonchev–Trinajstić information content (AvgIpc) is 3.22. The number of nitrogen functional groups attached to an aromatic ring is 1. The molecule has 4 aromatic rings. The molecule has 2 aromatic heterocycles. The number of urea groups is 1. The Labute approximate surface area is 215 Å². The fourth-order valence-corrected chi connectivity index (χ4v) is 4.59. The number of nitrogens with zero attached hydrogens (tertiary/aromatic N) is 3. The first-order valence-electron chi connectivity index (χ1n) is 10.4. The van der Waals surface area contributed by atoms with Crippen molar-refractivity contribution in [3.05, 3.63) is 69.5 Å². The number of thiazole rings is 1. The summed E-state index contributed by atoms with van der Waals surface area (Å²) < 4.78 is 14.7. The van der Waals surface area contributed by atoms with Crippen molar-refractivity contribution >= 4 is 57.9 Å². The van der Waals surface area contributed by atoms with Gasteiger partial charge in [-0.05, 0) is 48.0 Å². The van der Waals surface area contributed by atoms with Gasteiger partial charge in [0.25, 0.3) is 0 Å². The highest BCUT2D eigenvalue weighted by Crippen LogP contribution is 2.41. The number of aromatic nitrogens is 3. The minimum absolute atomic E-state index is 0.110. The van der Waals surface area contributed by atoms with Crippen LogP contribution in [0, 0.1) is 5.82 Å². The van der Waals surface area contributed by atoms with E-state index in [2.05, 4.69) is 20.6 Å². The maximum atomic E-state index is 14.7. The summed E-state index contributed by atoms with van der Waals surface area (Å²) in [6.45, 7) is 6.12. The molecule has 2 amide bonds. The third kappa shape index (κ3) is 5.87. The monoisotopic (exact) mass is 530 g/mol. The van der Waals surface area contributed by atoms with E-state index < -0.39 is 11.8 Å². The molecule has 0 unspecified atom stereocenters. The molecule has 0 bridgehead atoms. The van der Waals surface area contributed by atoms with Crippen LogP contribution < -0.4 is 16.4 Å². The zero-order chi connectivity index (χ0) is 25.3. The molecule has 35 heavy (non-hydrogen) atoms. The lowest BCUT2D eigenvalue weighted by Gasteiger charge is -2.13. The van der Waals surface area contributed by atoms with Crippen molar-refractivity contribution in [3.8, 4) is 21.8 Å². The number of amides is 2. The number of nitrogens with two attached hydrogens (primary N) is 1. The molecule has 0 saturated heterocycles. The summed E-state index contributed by atoms with van der Waals surface area (Å²) in [4.78, 5) is 26.3. The van der Waals surface area contributed by atoms with E-state index in [0.29, 0.717) is 37.6 Å². The topological polar surface area (TPSA) is 106 Å². The summed E-state index contributed by atoms with van der Waals surface area (Å²) >= 11 is 13.3. The Balaban J connectivity index is 1.69. The zero-order valence-electron chi connectivity index (χ0n) is 19.0. The predicted molar refractivity (Wildman–Crippen MR) is 141 cm³/mol. The summed E-state index contributed by atoms with van der Waals surface area (Å²) in [5.74, 6) is -0.412. The van der Waals surface area contributed by atoms with Gasteiger partial charge in [0.05, 0.1) is 25.6 Å². The summed E-state index contributed by atoms with van der Waals surface area (Å²) in [7, 11) is 0. The molecule has 0 saturated carbocycles. The molecule has 0 fully saturated rings. The van der Waals surface area contributed by atoms with Gasteiger partial charge in [-0.25, -0.2) is 24.1 Å². The van der Waals surface area contributed by atoms with E-state index in [4.69, 9.17) is 33.9 Å². The van der Waals surface area contributed by atoms with Crippen LogP contribution in [-0.4, -0.2) is 21.0 Å². The zero-order valence-corrected chi connectivity index (χ0v) is 21.3. The van der Waals surface area contributed by atoms with Crippen molar-refractivity contribution < 1.29 is 9.18 Å². The molecule has 0 spiro atoms. The quantitative estimate of drug-likeness (QED) is 0.258. The van der Waals surface area contributed by atoms with Crippen LogP contribution in [0.25, 0.3) is 21.8 Å². The van der Waals surface area contributed by atoms with Gasteiger partial charge in [-0.1, -0.05) is 44.0 Å². The van der Waals surface area contributed by atoms with Crippen LogP contribution in [0.4, 0.5) is 26.5 Å². The van der Waals surface area contributed by atoms with Gasteiger partial charge >= 0.3 is 6.03 Å². The van der Waals surface area contributed by atoms with E-state index in [-0.39, 0.29) is 17.1 Å². The minimum Gasteiger partial charge on any atom is -0.368 e. The summed E-state index contributed by atoms with van der Waals surface area (Å²) in [6, 6.07) is 10.1. The van der Waals surface area contributed by atoms with Gasteiger partial charge in [-0.15, -0.1) is 11.3 Å². The van der Waals surface area contributed by atoms with Crippen LogP contribution in [0.15, 0.2) is 48.7 Å². The van der Waals surface area contributed by atoms with Crippen LogP contribution >= 0.6 is 34.5 Å². The van der Waals surface area contributed by atoms with Crippen molar-refractivity contribution in [1.29, 1.82) is 0 Å². The summed E-state index contributed by atoms with van der Waals surface area (Å²) in [6.07, 6.45) is 1.55. The van der Waals surface area contributed by atoms with Crippen LogP contribution in [0.3, 0.4) is 0 Å². The van der Waals surface area contributed by atoms with Gasteiger partial charge in [-0.2, -0.15) is 0 Å². The number of carbonyl (C=O) groups excluding carboxylic acids is 1. The van der Waals surface area contributed by atoms with Crippen molar-refractivity contribution in [2.45, 2.75) is 26.2 Å². The Morgan fingerprint density at radius 3 is 2.43 bits per heavy atom. The molecule has 2 heterocycles. The lowest BCUT2D eigenvalue weighted by molar-refractivity contribution is 0.262. The Kier molecular flexibility index (Phi) is 6.93. The molecular formula is C24H21Cl2FN6OS. The number of rotatable bonds is 4. The molecule has 0 aliphatic rings. The van der Waals surface area contributed by atoms with Gasteiger partial charge in [0.15, 0.2) is 0 Å². The lowest BCUT2D eigenvalue weighted by atomic mass is 9.98. The fraction of sp³-hybridized carbons (Fsp3) is 0.167. The third-order valence-corrected chi connectivity index (χ3v) is 7.05. The molecule has 4 N–H and O–H groups in total. The molecule has 0 aliphatic heterocycles.